The summed E-state index contributed by atoms with van der Waals surface area (Å²) in [4.78, 5) is 22.6. The van der Waals surface area contributed by atoms with Gasteiger partial charge in [-0.1, -0.05) is 13.2 Å². The number of hydrogen-bond donors (Lipinski definition) is 0. The Morgan fingerprint density at radius 1 is 0.950 bits per heavy atom. The van der Waals surface area contributed by atoms with Gasteiger partial charge in [-0.3, -0.25) is 0 Å². The fourth-order valence-electron chi connectivity index (χ4n) is 1.51. The van der Waals surface area contributed by atoms with Gasteiger partial charge in [-0.2, -0.15) is 0 Å². The maximum atomic E-state index is 11.4. The van der Waals surface area contributed by atoms with Crippen molar-refractivity contribution in [3.8, 4) is 0 Å². The van der Waals surface area contributed by atoms with E-state index < -0.39 is 5.60 Å². The first kappa shape index (κ1) is 18.4. The molecule has 0 aromatic rings. The highest BCUT2D eigenvalue weighted by atomic mass is 16.6. The second-order valence-corrected chi connectivity index (χ2v) is 5.66. The average Bonchev–Trinajstić information content (AvgIpc) is 2.32. The SMILES string of the molecule is C=C(C)C(=O)OCCCCCC(C)(C)OC(=O)C(=C)C. The van der Waals surface area contributed by atoms with E-state index in [4.69, 9.17) is 9.47 Å². The second-order valence-electron chi connectivity index (χ2n) is 5.66. The van der Waals surface area contributed by atoms with Crippen LogP contribution in [0.25, 0.3) is 0 Å². The molecule has 0 rings (SSSR count). The van der Waals surface area contributed by atoms with Crippen LogP contribution in [0.5, 0.6) is 0 Å². The molecule has 0 heterocycles. The van der Waals surface area contributed by atoms with E-state index in [1.165, 1.54) is 0 Å². The standard InChI is InChI=1S/C16H26O4/c1-12(2)14(17)19-11-9-7-8-10-16(5,6)20-15(18)13(3)4/h1,3,7-11H2,2,4-6H3. The van der Waals surface area contributed by atoms with E-state index in [0.29, 0.717) is 17.8 Å². The van der Waals surface area contributed by atoms with Crippen LogP contribution in [0.2, 0.25) is 0 Å². The summed E-state index contributed by atoms with van der Waals surface area (Å²) in [5.74, 6) is -0.703. The smallest absolute Gasteiger partial charge is 0.333 e. The third-order valence-corrected chi connectivity index (χ3v) is 2.72. The Hall–Kier alpha value is -1.58. The molecule has 114 valence electrons. The summed E-state index contributed by atoms with van der Waals surface area (Å²) in [6.07, 6.45) is 3.38. The molecule has 20 heavy (non-hydrogen) atoms. The van der Waals surface area contributed by atoms with Crippen LogP contribution in [-0.4, -0.2) is 24.1 Å². The Kier molecular flexibility index (Phi) is 7.89. The van der Waals surface area contributed by atoms with Gasteiger partial charge in [0.25, 0.3) is 0 Å². The van der Waals surface area contributed by atoms with E-state index in [1.807, 2.05) is 13.8 Å². The van der Waals surface area contributed by atoms with E-state index in [1.54, 1.807) is 13.8 Å². The van der Waals surface area contributed by atoms with Crippen molar-refractivity contribution >= 4 is 11.9 Å². The number of carbonyl (C=O) groups is 2. The van der Waals surface area contributed by atoms with Crippen LogP contribution in [0.1, 0.15) is 53.4 Å². The Morgan fingerprint density at radius 3 is 2.00 bits per heavy atom. The van der Waals surface area contributed by atoms with E-state index >= 15 is 0 Å². The molecule has 0 spiro atoms. The molecule has 0 fully saturated rings. The van der Waals surface area contributed by atoms with Crippen molar-refractivity contribution in [1.82, 2.24) is 0 Å². The number of rotatable bonds is 9. The van der Waals surface area contributed by atoms with Crippen LogP contribution in [0, 0.1) is 0 Å². The molecule has 0 aromatic heterocycles. The number of hydrogen-bond acceptors (Lipinski definition) is 4. The molecule has 0 N–H and O–H groups in total. The van der Waals surface area contributed by atoms with Crippen molar-refractivity contribution in [2.45, 2.75) is 59.0 Å². The zero-order chi connectivity index (χ0) is 15.8. The molecule has 0 saturated heterocycles. The Balaban J connectivity index is 3.78. The quantitative estimate of drug-likeness (QED) is 0.368. The summed E-state index contributed by atoms with van der Waals surface area (Å²) in [6.45, 7) is 14.5. The van der Waals surface area contributed by atoms with Gasteiger partial charge in [-0.05, 0) is 53.4 Å². The lowest BCUT2D eigenvalue weighted by Crippen LogP contribution is -2.28. The number of ether oxygens (including phenoxy) is 2. The van der Waals surface area contributed by atoms with Gasteiger partial charge >= 0.3 is 11.9 Å². The Bertz CT molecular complexity index is 380. The van der Waals surface area contributed by atoms with Gasteiger partial charge < -0.3 is 9.47 Å². The molecule has 0 aliphatic carbocycles. The normalized spacial score (nSPS) is 10.8. The molecule has 0 aliphatic rings. The van der Waals surface area contributed by atoms with Crippen molar-refractivity contribution in [2.24, 2.45) is 0 Å². The molecule has 0 bridgehead atoms. The average molecular weight is 282 g/mol. The first-order chi connectivity index (χ1) is 9.15. The second kappa shape index (κ2) is 8.56. The van der Waals surface area contributed by atoms with E-state index in [0.717, 1.165) is 25.7 Å². The van der Waals surface area contributed by atoms with Crippen molar-refractivity contribution < 1.29 is 19.1 Å². The van der Waals surface area contributed by atoms with E-state index in [-0.39, 0.29) is 11.9 Å². The third-order valence-electron chi connectivity index (χ3n) is 2.72. The highest BCUT2D eigenvalue weighted by molar-refractivity contribution is 5.87. The monoisotopic (exact) mass is 282 g/mol. The molecule has 0 aliphatic heterocycles. The summed E-state index contributed by atoms with van der Waals surface area (Å²) in [7, 11) is 0. The van der Waals surface area contributed by atoms with Crippen molar-refractivity contribution in [3.05, 3.63) is 24.3 Å². The first-order valence-electron chi connectivity index (χ1n) is 6.87. The largest absolute Gasteiger partial charge is 0.462 e. The third kappa shape index (κ3) is 8.51. The molecule has 4 heteroatoms. The van der Waals surface area contributed by atoms with Gasteiger partial charge in [-0.15, -0.1) is 0 Å². The van der Waals surface area contributed by atoms with Crippen LogP contribution >= 0.6 is 0 Å². The lowest BCUT2D eigenvalue weighted by atomic mass is 10.0. The van der Waals surface area contributed by atoms with Gasteiger partial charge in [0.2, 0.25) is 0 Å². The van der Waals surface area contributed by atoms with Crippen LogP contribution in [-0.2, 0) is 19.1 Å². The van der Waals surface area contributed by atoms with Gasteiger partial charge in [-0.25, -0.2) is 9.59 Å². The van der Waals surface area contributed by atoms with Crippen molar-refractivity contribution in [2.75, 3.05) is 6.61 Å². The van der Waals surface area contributed by atoms with Crippen LogP contribution < -0.4 is 0 Å². The maximum Gasteiger partial charge on any atom is 0.333 e. The Labute approximate surface area is 121 Å². The molecule has 0 saturated carbocycles. The van der Waals surface area contributed by atoms with E-state index in [9.17, 15) is 9.59 Å². The van der Waals surface area contributed by atoms with Crippen LogP contribution in [0.15, 0.2) is 24.3 Å². The minimum atomic E-state index is -0.496. The summed E-state index contributed by atoms with van der Waals surface area (Å²) >= 11 is 0. The number of unbranched alkanes of at least 4 members (excludes halogenated alkanes) is 2. The maximum absolute atomic E-state index is 11.4. The molecule has 0 atom stereocenters. The molecule has 0 unspecified atom stereocenters. The number of carbonyl (C=O) groups excluding carboxylic acids is 2. The van der Waals surface area contributed by atoms with Crippen LogP contribution in [0.4, 0.5) is 0 Å². The predicted molar refractivity (Wildman–Crippen MR) is 79.2 cm³/mol. The predicted octanol–water partition coefficient (Wildman–Crippen LogP) is 3.56. The Morgan fingerprint density at radius 2 is 1.50 bits per heavy atom. The zero-order valence-corrected chi connectivity index (χ0v) is 13.1. The molecule has 4 nitrogen and oxygen atoms in total. The molecule has 0 amide bonds. The fourth-order valence-corrected chi connectivity index (χ4v) is 1.51. The summed E-state index contributed by atoms with van der Waals surface area (Å²) < 4.78 is 10.3. The highest BCUT2D eigenvalue weighted by Crippen LogP contribution is 2.20. The highest BCUT2D eigenvalue weighted by Gasteiger charge is 2.22. The van der Waals surface area contributed by atoms with Crippen molar-refractivity contribution in [1.29, 1.82) is 0 Å². The first-order valence-corrected chi connectivity index (χ1v) is 6.87. The molecule has 0 aromatic carbocycles. The topological polar surface area (TPSA) is 52.6 Å². The minimum Gasteiger partial charge on any atom is -0.462 e. The van der Waals surface area contributed by atoms with Crippen molar-refractivity contribution in [3.63, 3.8) is 0 Å². The molecular weight excluding hydrogens is 256 g/mol. The summed E-state index contributed by atoms with van der Waals surface area (Å²) in [6, 6.07) is 0. The van der Waals surface area contributed by atoms with E-state index in [2.05, 4.69) is 13.2 Å². The minimum absolute atomic E-state index is 0.347. The van der Waals surface area contributed by atoms with Gasteiger partial charge in [0, 0.05) is 11.1 Å². The molecular formula is C16H26O4. The number of esters is 2. The van der Waals surface area contributed by atoms with Gasteiger partial charge in [0.15, 0.2) is 0 Å². The van der Waals surface area contributed by atoms with Crippen LogP contribution in [0.3, 0.4) is 0 Å². The van der Waals surface area contributed by atoms with Gasteiger partial charge in [0.1, 0.15) is 5.60 Å². The zero-order valence-electron chi connectivity index (χ0n) is 13.1. The van der Waals surface area contributed by atoms with Gasteiger partial charge in [0.05, 0.1) is 6.61 Å². The molecule has 0 radical (unpaired) electrons. The lowest BCUT2D eigenvalue weighted by molar-refractivity contribution is -0.152. The lowest BCUT2D eigenvalue weighted by Gasteiger charge is -2.25. The summed E-state index contributed by atoms with van der Waals surface area (Å²) in [5, 5.41) is 0. The summed E-state index contributed by atoms with van der Waals surface area (Å²) in [5.41, 5.74) is 0.326. The fraction of sp³-hybridized carbons (Fsp3) is 0.625.